The topological polar surface area (TPSA) is 82.1 Å². The first-order valence-corrected chi connectivity index (χ1v) is 11.0. The molecule has 0 atom stereocenters. The van der Waals surface area contributed by atoms with Crippen LogP contribution in [0.4, 0.5) is 8.78 Å². The number of alkyl halides is 2. The van der Waals surface area contributed by atoms with Crippen LogP contribution < -0.4 is 9.47 Å². The van der Waals surface area contributed by atoms with Gasteiger partial charge in [0.25, 0.3) is 0 Å². The molecular weight excluding hydrogens is 428 g/mol. The van der Waals surface area contributed by atoms with Gasteiger partial charge in [-0.1, -0.05) is 6.07 Å². The number of carbonyl (C=O) groups is 1. The molecule has 1 aromatic heterocycles. The minimum absolute atomic E-state index is 0.00141. The highest BCUT2D eigenvalue weighted by atomic mass is 32.2. The number of thiophene rings is 1. The Kier molecular flexibility index (Phi) is 6.70. The zero-order chi connectivity index (χ0) is 21.0. The second kappa shape index (κ2) is 9.06. The Bertz CT molecular complexity index is 970. The Morgan fingerprint density at radius 2 is 1.93 bits per heavy atom. The Morgan fingerprint density at radius 3 is 2.59 bits per heavy atom. The fourth-order valence-electron chi connectivity index (χ4n) is 2.93. The van der Waals surface area contributed by atoms with Crippen molar-refractivity contribution in [3.8, 4) is 11.5 Å². The zero-order valence-corrected chi connectivity index (χ0v) is 17.1. The molecule has 0 unspecified atom stereocenters. The summed E-state index contributed by atoms with van der Waals surface area (Å²) in [6.07, 6.45) is 1.58. The first kappa shape index (κ1) is 21.5. The average Bonchev–Trinajstić information content (AvgIpc) is 3.38. The van der Waals surface area contributed by atoms with Crippen molar-refractivity contribution >= 4 is 27.3 Å². The molecule has 1 fully saturated rings. The summed E-state index contributed by atoms with van der Waals surface area (Å²) in [4.78, 5) is 12.4. The summed E-state index contributed by atoms with van der Waals surface area (Å²) in [6.45, 7) is -2.33. The molecule has 0 spiro atoms. The molecule has 1 saturated heterocycles. The Morgan fingerprint density at radius 1 is 1.21 bits per heavy atom. The molecule has 0 radical (unpaired) electrons. The van der Waals surface area contributed by atoms with E-state index in [4.69, 9.17) is 9.47 Å². The lowest BCUT2D eigenvalue weighted by Gasteiger charge is -2.15. The third-order valence-electron chi connectivity index (χ3n) is 4.31. The predicted octanol–water partition coefficient (Wildman–Crippen LogP) is 3.50. The fraction of sp³-hybridized carbons (Fsp3) is 0.389. The van der Waals surface area contributed by atoms with Gasteiger partial charge in [0.15, 0.2) is 11.5 Å². The van der Waals surface area contributed by atoms with E-state index in [1.807, 2.05) is 0 Å². The first-order chi connectivity index (χ1) is 13.8. The van der Waals surface area contributed by atoms with Gasteiger partial charge in [-0.15, -0.1) is 11.3 Å². The van der Waals surface area contributed by atoms with Gasteiger partial charge in [0.2, 0.25) is 10.0 Å². The van der Waals surface area contributed by atoms with Gasteiger partial charge in [0, 0.05) is 13.1 Å². The smallest absolute Gasteiger partial charge is 0.387 e. The van der Waals surface area contributed by atoms with Crippen LogP contribution in [0.5, 0.6) is 11.5 Å². The minimum atomic E-state index is -3.75. The third kappa shape index (κ3) is 4.85. The van der Waals surface area contributed by atoms with Crippen molar-refractivity contribution < 1.29 is 36.2 Å². The monoisotopic (exact) mass is 447 g/mol. The maximum absolute atomic E-state index is 12.7. The van der Waals surface area contributed by atoms with Crippen molar-refractivity contribution in [1.82, 2.24) is 4.31 Å². The number of halogens is 2. The van der Waals surface area contributed by atoms with Crippen LogP contribution >= 0.6 is 11.3 Å². The van der Waals surface area contributed by atoms with Crippen LogP contribution in [-0.4, -0.2) is 45.5 Å². The van der Waals surface area contributed by atoms with Crippen LogP contribution in [0.1, 0.15) is 28.1 Å². The van der Waals surface area contributed by atoms with E-state index >= 15 is 0 Å². The molecule has 11 heteroatoms. The normalized spacial score (nSPS) is 14.9. The molecule has 0 amide bonds. The van der Waals surface area contributed by atoms with E-state index in [0.717, 1.165) is 24.2 Å². The van der Waals surface area contributed by atoms with Crippen LogP contribution in [0, 0.1) is 0 Å². The van der Waals surface area contributed by atoms with E-state index in [9.17, 15) is 22.0 Å². The van der Waals surface area contributed by atoms with Gasteiger partial charge in [0.05, 0.1) is 7.11 Å². The van der Waals surface area contributed by atoms with E-state index in [1.165, 1.54) is 41.1 Å². The minimum Gasteiger partial charge on any atom is -0.493 e. The number of nitrogens with zero attached hydrogens (tertiary/aromatic N) is 1. The molecule has 158 valence electrons. The van der Waals surface area contributed by atoms with Gasteiger partial charge in [-0.25, -0.2) is 13.2 Å². The molecule has 2 heterocycles. The second-order valence-corrected chi connectivity index (χ2v) is 8.99. The number of hydrogen-bond donors (Lipinski definition) is 0. The van der Waals surface area contributed by atoms with Crippen LogP contribution in [-0.2, 0) is 21.4 Å². The SMILES string of the molecule is COc1cc(COC(=O)c2sccc2S(=O)(=O)N2CCCC2)ccc1OC(F)F. The molecule has 3 rings (SSSR count). The molecular formula is C18H19F2NO6S2. The number of ether oxygens (including phenoxy) is 3. The summed E-state index contributed by atoms with van der Waals surface area (Å²) >= 11 is 0.987. The van der Waals surface area contributed by atoms with Gasteiger partial charge in [-0.2, -0.15) is 13.1 Å². The largest absolute Gasteiger partial charge is 0.493 e. The first-order valence-electron chi connectivity index (χ1n) is 8.69. The Labute approximate surface area is 170 Å². The number of esters is 1. The van der Waals surface area contributed by atoms with E-state index in [2.05, 4.69) is 4.74 Å². The van der Waals surface area contributed by atoms with E-state index < -0.39 is 22.6 Å². The highest BCUT2D eigenvalue weighted by Crippen LogP contribution is 2.31. The second-order valence-electron chi connectivity index (χ2n) is 6.17. The van der Waals surface area contributed by atoms with E-state index in [1.54, 1.807) is 0 Å². The molecule has 7 nitrogen and oxygen atoms in total. The third-order valence-corrected chi connectivity index (χ3v) is 7.28. The van der Waals surface area contributed by atoms with Crippen molar-refractivity contribution in [3.05, 3.63) is 40.1 Å². The van der Waals surface area contributed by atoms with Gasteiger partial charge in [-0.05, 0) is 42.0 Å². The summed E-state index contributed by atoms with van der Waals surface area (Å²) in [6, 6.07) is 5.53. The number of methoxy groups -OCH3 is 1. The van der Waals surface area contributed by atoms with Crippen molar-refractivity contribution in [2.45, 2.75) is 31.0 Å². The van der Waals surface area contributed by atoms with Crippen molar-refractivity contribution in [2.75, 3.05) is 20.2 Å². The quantitative estimate of drug-likeness (QED) is 0.576. The highest BCUT2D eigenvalue weighted by Gasteiger charge is 2.32. The lowest BCUT2D eigenvalue weighted by atomic mass is 10.2. The van der Waals surface area contributed by atoms with Gasteiger partial charge in [-0.3, -0.25) is 0 Å². The van der Waals surface area contributed by atoms with Crippen LogP contribution in [0.3, 0.4) is 0 Å². The van der Waals surface area contributed by atoms with Gasteiger partial charge in [0.1, 0.15) is 16.4 Å². The molecule has 0 aliphatic carbocycles. The van der Waals surface area contributed by atoms with Crippen molar-refractivity contribution in [3.63, 3.8) is 0 Å². The van der Waals surface area contributed by atoms with Gasteiger partial charge >= 0.3 is 12.6 Å². The van der Waals surface area contributed by atoms with Crippen LogP contribution in [0.2, 0.25) is 0 Å². The fourth-order valence-corrected chi connectivity index (χ4v) is 5.73. The average molecular weight is 447 g/mol. The number of rotatable bonds is 8. The van der Waals surface area contributed by atoms with E-state index in [0.29, 0.717) is 18.7 Å². The van der Waals surface area contributed by atoms with Crippen molar-refractivity contribution in [2.24, 2.45) is 0 Å². The van der Waals surface area contributed by atoms with Crippen LogP contribution in [0.25, 0.3) is 0 Å². The summed E-state index contributed by atoms with van der Waals surface area (Å²) < 4.78 is 66.2. The Hall–Kier alpha value is -2.24. The molecule has 2 aromatic rings. The maximum atomic E-state index is 12.7. The molecule has 0 bridgehead atoms. The number of benzene rings is 1. The standard InChI is InChI=1S/C18H19F2NO6S2/c1-25-14-10-12(4-5-13(14)27-18(19)20)11-26-17(22)16-15(6-9-28-16)29(23,24)21-7-2-3-8-21/h4-6,9-10,18H,2-3,7-8,11H2,1H3. The number of hydrogen-bond acceptors (Lipinski definition) is 7. The predicted molar refractivity (Wildman–Crippen MR) is 101 cm³/mol. The summed E-state index contributed by atoms with van der Waals surface area (Å²) in [5, 5.41) is 1.53. The summed E-state index contributed by atoms with van der Waals surface area (Å²) in [5.41, 5.74) is 0.470. The highest BCUT2D eigenvalue weighted by molar-refractivity contribution is 7.89. The molecule has 29 heavy (non-hydrogen) atoms. The lowest BCUT2D eigenvalue weighted by Crippen LogP contribution is -2.28. The number of carbonyl (C=O) groups excluding carboxylic acids is 1. The summed E-state index contributed by atoms with van der Waals surface area (Å²) in [5.74, 6) is -0.855. The van der Waals surface area contributed by atoms with E-state index in [-0.39, 0.29) is 27.9 Å². The lowest BCUT2D eigenvalue weighted by molar-refractivity contribution is -0.0512. The molecule has 1 aliphatic rings. The summed E-state index contributed by atoms with van der Waals surface area (Å²) in [7, 11) is -2.45. The molecule has 1 aromatic carbocycles. The maximum Gasteiger partial charge on any atom is 0.387 e. The molecule has 0 N–H and O–H groups in total. The Balaban J connectivity index is 1.72. The van der Waals surface area contributed by atoms with Crippen molar-refractivity contribution in [1.29, 1.82) is 0 Å². The van der Waals surface area contributed by atoms with Crippen LogP contribution in [0.15, 0.2) is 34.5 Å². The molecule has 1 aliphatic heterocycles. The zero-order valence-electron chi connectivity index (χ0n) is 15.5. The van der Waals surface area contributed by atoms with Gasteiger partial charge < -0.3 is 14.2 Å². The molecule has 0 saturated carbocycles. The number of sulfonamides is 1.